The fourth-order valence-corrected chi connectivity index (χ4v) is 3.73. The van der Waals surface area contributed by atoms with E-state index >= 15 is 0 Å². The third-order valence-corrected chi connectivity index (χ3v) is 5.48. The second-order valence-corrected chi connectivity index (χ2v) is 8.80. The molecule has 1 aromatic rings. The molecular weight excluding hydrogens is 471 g/mol. The van der Waals surface area contributed by atoms with E-state index < -0.39 is 15.9 Å². The summed E-state index contributed by atoms with van der Waals surface area (Å²) in [5.74, 6) is -0.675. The highest BCUT2D eigenvalue weighted by Crippen LogP contribution is 2.35. The molecule has 0 saturated heterocycles. The van der Waals surface area contributed by atoms with Gasteiger partial charge < -0.3 is 4.74 Å². The van der Waals surface area contributed by atoms with Crippen molar-refractivity contribution in [2.75, 3.05) is 9.37 Å². The van der Waals surface area contributed by atoms with Crippen LogP contribution in [0.1, 0.15) is 42.5 Å². The zero-order valence-electron chi connectivity index (χ0n) is 14.4. The molecule has 0 spiro atoms. The summed E-state index contributed by atoms with van der Waals surface area (Å²) >= 11 is 1.80. The van der Waals surface area contributed by atoms with Crippen molar-refractivity contribution < 1.29 is 22.7 Å². The molecule has 2 amide bonds. The molecule has 0 unspecified atom stereocenters. The number of nitrogens with zero attached hydrogens (tertiary/aromatic N) is 1. The summed E-state index contributed by atoms with van der Waals surface area (Å²) in [5.41, 5.74) is 0.488. The monoisotopic (exact) mass is 492 g/mol. The minimum atomic E-state index is -3.69. The predicted molar refractivity (Wildman–Crippen MR) is 108 cm³/mol. The first-order valence-electron chi connectivity index (χ1n) is 8.16. The van der Waals surface area contributed by atoms with Crippen molar-refractivity contribution in [3.8, 4) is 5.75 Å². The lowest BCUT2D eigenvalue weighted by molar-refractivity contribution is -0.112. The highest BCUT2D eigenvalue weighted by molar-refractivity contribution is 14.1. The number of rotatable bonds is 6. The molecule has 0 heterocycles. The number of hydrogen-bond donors (Lipinski definition) is 1. The Morgan fingerprint density at radius 2 is 1.96 bits per heavy atom. The standard InChI is InChI=1S/C17H21IN2O5S/c1-3-16(21)20(18)14-11-12(17(22)19-26(2,23)24)9-10-15(14)25-13-7-5-4-6-8-13/h3,9-11,13H,1,4-8H2,2H3,(H,19,22). The fraction of sp³-hybridized carbons (Fsp3) is 0.412. The Morgan fingerprint density at radius 3 is 2.54 bits per heavy atom. The van der Waals surface area contributed by atoms with Gasteiger partial charge in [0, 0.05) is 5.56 Å². The predicted octanol–water partition coefficient (Wildman–Crippen LogP) is 2.96. The Labute approximate surface area is 167 Å². The Bertz CT molecular complexity index is 803. The van der Waals surface area contributed by atoms with Gasteiger partial charge in [-0.15, -0.1) is 0 Å². The maximum Gasteiger partial charge on any atom is 0.264 e. The van der Waals surface area contributed by atoms with Crippen LogP contribution < -0.4 is 12.6 Å². The molecule has 0 atom stereocenters. The fourth-order valence-electron chi connectivity index (χ4n) is 2.70. The van der Waals surface area contributed by atoms with E-state index in [1.54, 1.807) is 28.9 Å². The number of anilines is 1. The van der Waals surface area contributed by atoms with E-state index in [0.29, 0.717) is 11.4 Å². The molecule has 1 N–H and O–H groups in total. The highest BCUT2D eigenvalue weighted by atomic mass is 127. The Kier molecular flexibility index (Phi) is 7.04. The molecule has 1 saturated carbocycles. The summed E-state index contributed by atoms with van der Waals surface area (Å²) in [6.45, 7) is 3.46. The van der Waals surface area contributed by atoms with Gasteiger partial charge in [0.05, 0.1) is 40.9 Å². The van der Waals surface area contributed by atoms with Gasteiger partial charge in [-0.3, -0.25) is 9.59 Å². The average Bonchev–Trinajstić information content (AvgIpc) is 2.60. The van der Waals surface area contributed by atoms with E-state index in [1.807, 2.05) is 4.72 Å². The van der Waals surface area contributed by atoms with E-state index in [4.69, 9.17) is 4.74 Å². The zero-order chi connectivity index (χ0) is 19.3. The molecule has 0 aliphatic heterocycles. The normalized spacial score (nSPS) is 15.2. The van der Waals surface area contributed by atoms with Crippen LogP contribution in [0.5, 0.6) is 5.75 Å². The molecular formula is C17H21IN2O5S. The lowest BCUT2D eigenvalue weighted by atomic mass is 9.98. The van der Waals surface area contributed by atoms with Gasteiger partial charge >= 0.3 is 0 Å². The van der Waals surface area contributed by atoms with Crippen LogP contribution in [-0.2, 0) is 14.8 Å². The molecule has 0 aromatic heterocycles. The Morgan fingerprint density at radius 1 is 1.31 bits per heavy atom. The molecule has 0 bridgehead atoms. The van der Waals surface area contributed by atoms with E-state index in [0.717, 1.165) is 38.0 Å². The van der Waals surface area contributed by atoms with Gasteiger partial charge in [0.15, 0.2) is 0 Å². The van der Waals surface area contributed by atoms with Gasteiger partial charge in [-0.05, 0) is 50.0 Å². The topological polar surface area (TPSA) is 92.8 Å². The van der Waals surface area contributed by atoms with Crippen LogP contribution in [0.4, 0.5) is 5.69 Å². The molecule has 26 heavy (non-hydrogen) atoms. The van der Waals surface area contributed by atoms with E-state index in [2.05, 4.69) is 6.58 Å². The summed E-state index contributed by atoms with van der Waals surface area (Å²) in [6, 6.07) is 4.50. The maximum absolute atomic E-state index is 12.1. The molecule has 2 rings (SSSR count). The molecule has 7 nitrogen and oxygen atoms in total. The van der Waals surface area contributed by atoms with Crippen molar-refractivity contribution in [1.29, 1.82) is 0 Å². The number of sulfonamides is 1. The number of benzene rings is 1. The van der Waals surface area contributed by atoms with Crippen LogP contribution >= 0.6 is 22.9 Å². The first-order valence-corrected chi connectivity index (χ1v) is 11.0. The van der Waals surface area contributed by atoms with Gasteiger partial charge in [0.1, 0.15) is 5.75 Å². The Hall–Kier alpha value is -1.62. The van der Waals surface area contributed by atoms with E-state index in [-0.39, 0.29) is 17.6 Å². The minimum Gasteiger partial charge on any atom is -0.488 e. The highest BCUT2D eigenvalue weighted by Gasteiger charge is 2.22. The molecule has 9 heteroatoms. The molecule has 142 valence electrons. The van der Waals surface area contributed by atoms with Gasteiger partial charge in [-0.25, -0.2) is 16.3 Å². The van der Waals surface area contributed by atoms with Gasteiger partial charge in [0.25, 0.3) is 11.8 Å². The van der Waals surface area contributed by atoms with Crippen LogP contribution in [-0.4, -0.2) is 32.6 Å². The quantitative estimate of drug-likeness (QED) is 0.375. The van der Waals surface area contributed by atoms with Crippen LogP contribution in [0.25, 0.3) is 0 Å². The smallest absolute Gasteiger partial charge is 0.264 e. The number of nitrogens with one attached hydrogen (secondary N) is 1. The first kappa shape index (κ1) is 20.7. The van der Waals surface area contributed by atoms with Gasteiger partial charge in [-0.2, -0.15) is 0 Å². The SMILES string of the molecule is C=CC(=O)N(I)c1cc(C(=O)NS(C)(=O)=O)ccc1OC1CCCCC1. The molecule has 0 radical (unpaired) electrons. The summed E-state index contributed by atoms with van der Waals surface area (Å²) in [7, 11) is -3.69. The average molecular weight is 492 g/mol. The number of carbonyl (C=O) groups is 2. The number of hydrogen-bond acceptors (Lipinski definition) is 5. The van der Waals surface area contributed by atoms with Crippen molar-refractivity contribution in [3.05, 3.63) is 36.4 Å². The maximum atomic E-state index is 12.1. The van der Waals surface area contributed by atoms with Crippen LogP contribution in [0, 0.1) is 0 Å². The summed E-state index contributed by atoms with van der Waals surface area (Å²) in [4.78, 5) is 24.1. The van der Waals surface area contributed by atoms with Gasteiger partial charge in [-0.1, -0.05) is 13.0 Å². The van der Waals surface area contributed by atoms with Crippen LogP contribution in [0.2, 0.25) is 0 Å². The summed E-state index contributed by atoms with van der Waals surface area (Å²) in [5, 5.41) is 0. The number of amides is 2. The lowest BCUT2D eigenvalue weighted by Gasteiger charge is -2.26. The second kappa shape index (κ2) is 8.85. The summed E-state index contributed by atoms with van der Waals surface area (Å²) < 4.78 is 31.8. The molecule has 1 aliphatic carbocycles. The van der Waals surface area contributed by atoms with Crippen molar-refractivity contribution in [1.82, 2.24) is 4.72 Å². The lowest BCUT2D eigenvalue weighted by Crippen LogP contribution is -2.29. The van der Waals surface area contributed by atoms with Crippen LogP contribution in [0.15, 0.2) is 30.9 Å². The van der Waals surface area contributed by atoms with E-state index in [1.165, 1.54) is 21.7 Å². The summed E-state index contributed by atoms with van der Waals surface area (Å²) in [6.07, 6.45) is 7.35. The van der Waals surface area contributed by atoms with Crippen LogP contribution in [0.3, 0.4) is 0 Å². The molecule has 1 aromatic carbocycles. The zero-order valence-corrected chi connectivity index (χ0v) is 17.4. The third-order valence-electron chi connectivity index (χ3n) is 3.92. The molecule has 1 aliphatic rings. The minimum absolute atomic E-state index is 0.0572. The van der Waals surface area contributed by atoms with E-state index in [9.17, 15) is 18.0 Å². The third kappa shape index (κ3) is 5.70. The second-order valence-electron chi connectivity index (χ2n) is 6.09. The largest absolute Gasteiger partial charge is 0.488 e. The Balaban J connectivity index is 2.35. The van der Waals surface area contributed by atoms with Crippen molar-refractivity contribution in [2.45, 2.75) is 38.2 Å². The number of halogens is 1. The van der Waals surface area contributed by atoms with Crippen molar-refractivity contribution in [3.63, 3.8) is 0 Å². The number of ether oxygens (including phenoxy) is 1. The first-order chi connectivity index (χ1) is 12.2. The number of carbonyl (C=O) groups excluding carboxylic acids is 2. The van der Waals surface area contributed by atoms with Crippen molar-refractivity contribution >= 4 is 50.4 Å². The molecule has 1 fully saturated rings. The van der Waals surface area contributed by atoms with Gasteiger partial charge in [0.2, 0.25) is 10.0 Å². The van der Waals surface area contributed by atoms with Crippen molar-refractivity contribution in [2.24, 2.45) is 0 Å².